The molecular formula is C25H30N2O3. The first-order valence-electron chi connectivity index (χ1n) is 10.9. The Morgan fingerprint density at radius 2 is 1.33 bits per heavy atom. The topological polar surface area (TPSA) is 42.0 Å². The van der Waals surface area contributed by atoms with Gasteiger partial charge in [-0.15, -0.1) is 0 Å². The number of carbonyl (C=O) groups is 1. The van der Waals surface area contributed by atoms with E-state index in [4.69, 9.17) is 9.47 Å². The third-order valence-corrected chi connectivity index (χ3v) is 7.34. The van der Waals surface area contributed by atoms with Gasteiger partial charge in [0, 0.05) is 37.3 Å². The lowest BCUT2D eigenvalue weighted by molar-refractivity contribution is -0.151. The van der Waals surface area contributed by atoms with Crippen LogP contribution in [0.1, 0.15) is 31.2 Å². The number of likely N-dealkylation sites (tertiary alicyclic amines) is 1. The Morgan fingerprint density at radius 1 is 0.800 bits per heavy atom. The lowest BCUT2D eigenvalue weighted by Gasteiger charge is -2.62. The molecule has 2 aromatic carbocycles. The minimum Gasteiger partial charge on any atom is -0.497 e. The van der Waals surface area contributed by atoms with E-state index in [9.17, 15) is 4.79 Å². The number of hydrogen-bond donors (Lipinski definition) is 0. The molecule has 2 aromatic rings. The van der Waals surface area contributed by atoms with E-state index in [1.165, 1.54) is 5.69 Å². The molecule has 0 unspecified atom stereocenters. The average Bonchev–Trinajstić information content (AvgIpc) is 3.23. The Labute approximate surface area is 178 Å². The lowest BCUT2D eigenvalue weighted by atomic mass is 9.69. The zero-order valence-electron chi connectivity index (χ0n) is 17.9. The van der Waals surface area contributed by atoms with Gasteiger partial charge in [0.05, 0.1) is 19.6 Å². The van der Waals surface area contributed by atoms with E-state index in [0.29, 0.717) is 5.91 Å². The summed E-state index contributed by atoms with van der Waals surface area (Å²) in [5.41, 5.74) is 2.32. The van der Waals surface area contributed by atoms with E-state index in [1.54, 1.807) is 14.2 Å². The number of hydrogen-bond acceptors (Lipinski definition) is 4. The van der Waals surface area contributed by atoms with Crippen LogP contribution in [0.5, 0.6) is 11.5 Å². The van der Waals surface area contributed by atoms with Crippen LogP contribution in [0.25, 0.3) is 0 Å². The fourth-order valence-electron chi connectivity index (χ4n) is 5.66. The van der Waals surface area contributed by atoms with Crippen molar-refractivity contribution in [1.29, 1.82) is 0 Å². The van der Waals surface area contributed by atoms with Gasteiger partial charge in [-0.3, -0.25) is 4.79 Å². The summed E-state index contributed by atoms with van der Waals surface area (Å²) >= 11 is 0. The Hall–Kier alpha value is -2.69. The van der Waals surface area contributed by atoms with Gasteiger partial charge in [0.25, 0.3) is 0 Å². The number of rotatable bonds is 5. The molecule has 1 aliphatic carbocycles. The van der Waals surface area contributed by atoms with E-state index in [0.717, 1.165) is 68.9 Å². The summed E-state index contributed by atoms with van der Waals surface area (Å²) in [7, 11) is 3.37. The number of amides is 1. The number of nitrogens with zero attached hydrogens (tertiary/aromatic N) is 2. The molecule has 1 amide bonds. The van der Waals surface area contributed by atoms with Gasteiger partial charge in [0.1, 0.15) is 11.5 Å². The second-order valence-electron chi connectivity index (χ2n) is 9.23. The van der Waals surface area contributed by atoms with Crippen LogP contribution in [-0.2, 0) is 10.2 Å². The van der Waals surface area contributed by atoms with E-state index in [2.05, 4.69) is 34.1 Å². The third kappa shape index (κ3) is 3.03. The Balaban J connectivity index is 1.24. The van der Waals surface area contributed by atoms with Gasteiger partial charge in [0.2, 0.25) is 5.91 Å². The standard InChI is InChI=1S/C25H30N2O3/c1-29-21-9-5-19(6-10-21)25(13-3-4-14-25)23(28)27-17-24(18-27)15-26(16-24)20-7-11-22(30-2)12-8-20/h5-12H,3-4,13-18H2,1-2H3. The monoisotopic (exact) mass is 406 g/mol. The molecule has 0 aromatic heterocycles. The van der Waals surface area contributed by atoms with Crippen LogP contribution in [0.2, 0.25) is 0 Å². The van der Waals surface area contributed by atoms with Crippen LogP contribution in [0.4, 0.5) is 5.69 Å². The molecule has 3 fully saturated rings. The molecule has 3 aliphatic rings. The molecule has 2 heterocycles. The van der Waals surface area contributed by atoms with Gasteiger partial charge >= 0.3 is 0 Å². The highest BCUT2D eigenvalue weighted by molar-refractivity contribution is 5.89. The van der Waals surface area contributed by atoms with E-state index in [1.807, 2.05) is 24.3 Å². The van der Waals surface area contributed by atoms with Crippen molar-refractivity contribution in [2.24, 2.45) is 5.41 Å². The van der Waals surface area contributed by atoms with Crippen LogP contribution in [0.3, 0.4) is 0 Å². The summed E-state index contributed by atoms with van der Waals surface area (Å²) < 4.78 is 10.6. The fourth-order valence-corrected chi connectivity index (χ4v) is 5.66. The summed E-state index contributed by atoms with van der Waals surface area (Å²) in [4.78, 5) is 18.1. The molecule has 5 nitrogen and oxygen atoms in total. The maximum atomic E-state index is 13.6. The Morgan fingerprint density at radius 3 is 1.87 bits per heavy atom. The minimum atomic E-state index is -0.340. The predicted octanol–water partition coefficient (Wildman–Crippen LogP) is 3.86. The zero-order chi connectivity index (χ0) is 20.8. The largest absolute Gasteiger partial charge is 0.497 e. The van der Waals surface area contributed by atoms with Crippen molar-refractivity contribution in [3.63, 3.8) is 0 Å². The smallest absolute Gasteiger partial charge is 0.233 e. The van der Waals surface area contributed by atoms with E-state index >= 15 is 0 Å². The minimum absolute atomic E-state index is 0.273. The highest BCUT2D eigenvalue weighted by Crippen LogP contribution is 2.48. The molecular weight excluding hydrogens is 376 g/mol. The molecule has 0 bridgehead atoms. The summed E-state index contributed by atoms with van der Waals surface area (Å²) in [5, 5.41) is 0. The van der Waals surface area contributed by atoms with Gasteiger partial charge in [-0.05, 0) is 54.8 Å². The van der Waals surface area contributed by atoms with Crippen molar-refractivity contribution in [3.05, 3.63) is 54.1 Å². The highest BCUT2D eigenvalue weighted by Gasteiger charge is 2.56. The highest BCUT2D eigenvalue weighted by atomic mass is 16.5. The van der Waals surface area contributed by atoms with Crippen LogP contribution >= 0.6 is 0 Å². The van der Waals surface area contributed by atoms with Gasteiger partial charge in [-0.2, -0.15) is 0 Å². The number of benzene rings is 2. The van der Waals surface area contributed by atoms with Gasteiger partial charge in [-0.1, -0.05) is 25.0 Å². The Bertz CT molecular complexity index is 902. The van der Waals surface area contributed by atoms with Crippen LogP contribution in [0.15, 0.2) is 48.5 Å². The zero-order valence-corrected chi connectivity index (χ0v) is 17.9. The van der Waals surface area contributed by atoms with Crippen LogP contribution < -0.4 is 14.4 Å². The molecule has 2 aliphatic heterocycles. The first-order chi connectivity index (χ1) is 14.6. The van der Waals surface area contributed by atoms with Crippen molar-refractivity contribution in [1.82, 2.24) is 4.90 Å². The summed E-state index contributed by atoms with van der Waals surface area (Å²) in [6.07, 6.45) is 4.17. The molecule has 30 heavy (non-hydrogen) atoms. The number of anilines is 1. The lowest BCUT2D eigenvalue weighted by Crippen LogP contribution is -2.74. The van der Waals surface area contributed by atoms with Gasteiger partial charge < -0.3 is 19.3 Å². The van der Waals surface area contributed by atoms with Crippen molar-refractivity contribution >= 4 is 11.6 Å². The van der Waals surface area contributed by atoms with E-state index in [-0.39, 0.29) is 10.8 Å². The summed E-state index contributed by atoms with van der Waals surface area (Å²) in [6, 6.07) is 16.4. The van der Waals surface area contributed by atoms with Gasteiger partial charge in [0.15, 0.2) is 0 Å². The Kier molecular flexibility index (Phi) is 4.64. The predicted molar refractivity (Wildman–Crippen MR) is 117 cm³/mol. The van der Waals surface area contributed by atoms with Crippen molar-refractivity contribution in [2.75, 3.05) is 45.3 Å². The summed E-state index contributed by atoms with van der Waals surface area (Å²) in [5.74, 6) is 2.06. The van der Waals surface area contributed by atoms with Crippen molar-refractivity contribution < 1.29 is 14.3 Å². The second-order valence-corrected chi connectivity index (χ2v) is 9.23. The number of ether oxygens (including phenoxy) is 2. The first kappa shape index (κ1) is 19.3. The van der Waals surface area contributed by atoms with Crippen LogP contribution in [-0.4, -0.2) is 51.2 Å². The SMILES string of the molecule is COc1ccc(N2CC3(CN(C(=O)C4(c5ccc(OC)cc5)CCCC4)C3)C2)cc1. The molecule has 2 saturated heterocycles. The molecule has 0 N–H and O–H groups in total. The first-order valence-corrected chi connectivity index (χ1v) is 10.9. The maximum Gasteiger partial charge on any atom is 0.233 e. The molecule has 0 radical (unpaired) electrons. The molecule has 0 atom stereocenters. The van der Waals surface area contributed by atoms with Gasteiger partial charge in [-0.25, -0.2) is 0 Å². The van der Waals surface area contributed by atoms with Crippen molar-refractivity contribution in [2.45, 2.75) is 31.1 Å². The number of methoxy groups -OCH3 is 2. The fraction of sp³-hybridized carbons (Fsp3) is 0.480. The molecule has 158 valence electrons. The normalized spacial score (nSPS) is 21.1. The average molecular weight is 407 g/mol. The van der Waals surface area contributed by atoms with E-state index < -0.39 is 0 Å². The van der Waals surface area contributed by atoms with Crippen LogP contribution in [0, 0.1) is 5.41 Å². The second kappa shape index (κ2) is 7.22. The third-order valence-electron chi connectivity index (χ3n) is 7.34. The van der Waals surface area contributed by atoms with Crippen molar-refractivity contribution in [3.8, 4) is 11.5 Å². The maximum absolute atomic E-state index is 13.6. The molecule has 1 spiro atoms. The summed E-state index contributed by atoms with van der Waals surface area (Å²) in [6.45, 7) is 3.82. The number of carbonyl (C=O) groups excluding carboxylic acids is 1. The molecule has 5 heteroatoms. The quantitative estimate of drug-likeness (QED) is 0.756. The molecule has 1 saturated carbocycles. The molecule has 5 rings (SSSR count).